The monoisotopic (exact) mass is 430 g/mol. The minimum atomic E-state index is -4.10. The Labute approximate surface area is 174 Å². The molecule has 0 radical (unpaired) electrons. The number of nitrogens with one attached hydrogen (secondary N) is 1. The maximum absolute atomic E-state index is 12.7. The van der Waals surface area contributed by atoms with Crippen molar-refractivity contribution in [1.82, 2.24) is 14.5 Å². The topological polar surface area (TPSA) is 116 Å². The van der Waals surface area contributed by atoms with E-state index in [9.17, 15) is 18.5 Å². The Bertz CT molecular complexity index is 1190. The van der Waals surface area contributed by atoms with Crippen molar-refractivity contribution in [2.24, 2.45) is 0 Å². The zero-order valence-corrected chi connectivity index (χ0v) is 17.6. The zero-order valence-electron chi connectivity index (χ0n) is 16.8. The minimum absolute atomic E-state index is 0.00350. The normalized spacial score (nSPS) is 11.4. The van der Waals surface area contributed by atoms with Crippen LogP contribution in [-0.4, -0.2) is 30.2 Å². The lowest BCUT2D eigenvalue weighted by Crippen LogP contribution is -2.24. The molecule has 0 atom stereocenters. The van der Waals surface area contributed by atoms with Crippen LogP contribution in [0.4, 0.5) is 5.69 Å². The van der Waals surface area contributed by atoms with Crippen molar-refractivity contribution in [1.29, 1.82) is 0 Å². The molecule has 0 spiro atoms. The number of methoxy groups -OCH3 is 1. The predicted molar refractivity (Wildman–Crippen MR) is 111 cm³/mol. The van der Waals surface area contributed by atoms with E-state index in [4.69, 9.17) is 4.74 Å². The summed E-state index contributed by atoms with van der Waals surface area (Å²) in [6, 6.07) is 13.0. The third kappa shape index (κ3) is 4.84. The Morgan fingerprint density at radius 1 is 1.13 bits per heavy atom. The summed E-state index contributed by atoms with van der Waals surface area (Å²) in [6.45, 7) is 4.45. The van der Waals surface area contributed by atoms with Crippen LogP contribution in [0.1, 0.15) is 22.5 Å². The number of aryl methyl sites for hydroxylation is 2. The predicted octanol–water partition coefficient (Wildman–Crippen LogP) is 2.94. The molecule has 0 aliphatic carbocycles. The molecule has 0 bridgehead atoms. The van der Waals surface area contributed by atoms with Gasteiger partial charge in [-0.2, -0.15) is 5.10 Å². The van der Waals surface area contributed by atoms with Gasteiger partial charge in [0.2, 0.25) is 10.0 Å². The standard InChI is InChI=1S/C20H22N4O5S/c1-14-9-15(2)23(22-14)13-17-6-4-5-16(10-17)12-21-30(27,28)20-8-7-18(29-3)11-19(20)24(25)26/h4-11,21H,12-13H2,1-3H3. The molecule has 1 aromatic heterocycles. The number of sulfonamides is 1. The highest BCUT2D eigenvalue weighted by Crippen LogP contribution is 2.28. The van der Waals surface area contributed by atoms with Crippen LogP contribution in [0.5, 0.6) is 5.75 Å². The van der Waals surface area contributed by atoms with Gasteiger partial charge in [0.25, 0.3) is 5.69 Å². The lowest BCUT2D eigenvalue weighted by molar-refractivity contribution is -0.387. The van der Waals surface area contributed by atoms with Gasteiger partial charge in [-0.3, -0.25) is 14.8 Å². The fourth-order valence-electron chi connectivity index (χ4n) is 3.10. The van der Waals surface area contributed by atoms with Gasteiger partial charge in [-0.1, -0.05) is 24.3 Å². The highest BCUT2D eigenvalue weighted by molar-refractivity contribution is 7.89. The average molecular weight is 430 g/mol. The van der Waals surface area contributed by atoms with Crippen LogP contribution in [0, 0.1) is 24.0 Å². The molecule has 30 heavy (non-hydrogen) atoms. The van der Waals surface area contributed by atoms with Crippen LogP contribution in [0.25, 0.3) is 0 Å². The quantitative estimate of drug-likeness (QED) is 0.434. The maximum atomic E-state index is 12.7. The van der Waals surface area contributed by atoms with Crippen LogP contribution >= 0.6 is 0 Å². The maximum Gasteiger partial charge on any atom is 0.293 e. The highest BCUT2D eigenvalue weighted by Gasteiger charge is 2.26. The van der Waals surface area contributed by atoms with Crippen LogP contribution in [0.15, 0.2) is 53.4 Å². The smallest absolute Gasteiger partial charge is 0.293 e. The van der Waals surface area contributed by atoms with Gasteiger partial charge in [-0.15, -0.1) is 0 Å². The molecule has 2 aromatic carbocycles. The molecule has 0 saturated heterocycles. The fraction of sp³-hybridized carbons (Fsp3) is 0.250. The van der Waals surface area contributed by atoms with Crippen molar-refractivity contribution in [2.45, 2.75) is 31.8 Å². The number of nitro groups is 1. The van der Waals surface area contributed by atoms with Gasteiger partial charge < -0.3 is 4.74 Å². The molecule has 0 aliphatic heterocycles. The van der Waals surface area contributed by atoms with E-state index in [0.29, 0.717) is 6.54 Å². The van der Waals surface area contributed by atoms with Crippen LogP contribution in [-0.2, 0) is 23.1 Å². The Morgan fingerprint density at radius 2 is 1.87 bits per heavy atom. The van der Waals surface area contributed by atoms with Crippen molar-refractivity contribution in [3.8, 4) is 5.75 Å². The molecule has 1 heterocycles. The first kappa shape index (κ1) is 21.5. The first-order chi connectivity index (χ1) is 14.2. The van der Waals surface area contributed by atoms with Gasteiger partial charge in [-0.05, 0) is 43.2 Å². The van der Waals surface area contributed by atoms with E-state index in [0.717, 1.165) is 28.6 Å². The molecule has 1 N–H and O–H groups in total. The zero-order chi connectivity index (χ0) is 21.9. The summed E-state index contributed by atoms with van der Waals surface area (Å²) in [6.07, 6.45) is 0. The number of benzene rings is 2. The fourth-order valence-corrected chi connectivity index (χ4v) is 4.26. The first-order valence-electron chi connectivity index (χ1n) is 9.10. The summed E-state index contributed by atoms with van der Waals surface area (Å²) in [7, 11) is -2.75. The molecule has 158 valence electrons. The second-order valence-corrected chi connectivity index (χ2v) is 8.56. The van der Waals surface area contributed by atoms with Crippen LogP contribution in [0.3, 0.4) is 0 Å². The molecule has 10 heteroatoms. The summed E-state index contributed by atoms with van der Waals surface area (Å²) in [5.41, 5.74) is 3.12. The number of hydrogen-bond acceptors (Lipinski definition) is 6. The Hall–Kier alpha value is -3.24. The number of ether oxygens (including phenoxy) is 1. The van der Waals surface area contributed by atoms with Crippen LogP contribution in [0.2, 0.25) is 0 Å². The number of rotatable bonds is 8. The van der Waals surface area contributed by atoms with Gasteiger partial charge >= 0.3 is 0 Å². The molecule has 3 aromatic rings. The highest BCUT2D eigenvalue weighted by atomic mass is 32.2. The SMILES string of the molecule is COc1ccc(S(=O)(=O)NCc2cccc(Cn3nc(C)cc3C)c2)c([N+](=O)[O-])c1. The number of hydrogen-bond donors (Lipinski definition) is 1. The van der Waals surface area contributed by atoms with E-state index in [2.05, 4.69) is 9.82 Å². The number of nitrogens with zero attached hydrogens (tertiary/aromatic N) is 3. The van der Waals surface area contributed by atoms with Gasteiger partial charge in [0.05, 0.1) is 30.3 Å². The summed E-state index contributed by atoms with van der Waals surface area (Å²) >= 11 is 0. The number of aromatic nitrogens is 2. The molecular formula is C20H22N4O5S. The van der Waals surface area contributed by atoms with Gasteiger partial charge in [0.1, 0.15) is 5.75 Å². The Kier molecular flexibility index (Phi) is 6.18. The van der Waals surface area contributed by atoms with E-state index >= 15 is 0 Å². The summed E-state index contributed by atoms with van der Waals surface area (Å²) in [5, 5.41) is 15.7. The van der Waals surface area contributed by atoms with Crippen molar-refractivity contribution >= 4 is 15.7 Å². The van der Waals surface area contributed by atoms with E-state index in [1.54, 1.807) is 6.07 Å². The Morgan fingerprint density at radius 3 is 2.50 bits per heavy atom. The van der Waals surface area contributed by atoms with Gasteiger partial charge in [0.15, 0.2) is 4.90 Å². The van der Waals surface area contributed by atoms with Crippen molar-refractivity contribution in [2.75, 3.05) is 7.11 Å². The first-order valence-corrected chi connectivity index (χ1v) is 10.6. The molecule has 0 fully saturated rings. The lowest BCUT2D eigenvalue weighted by Gasteiger charge is -2.10. The third-order valence-corrected chi connectivity index (χ3v) is 5.99. The van der Waals surface area contributed by atoms with Crippen molar-refractivity contribution < 1.29 is 18.1 Å². The van der Waals surface area contributed by atoms with E-state index in [-0.39, 0.29) is 12.3 Å². The molecule has 0 saturated carbocycles. The van der Waals surface area contributed by atoms with E-state index < -0.39 is 25.5 Å². The van der Waals surface area contributed by atoms with Gasteiger partial charge in [-0.25, -0.2) is 13.1 Å². The summed E-state index contributed by atoms with van der Waals surface area (Å²) in [5.74, 6) is 0.206. The van der Waals surface area contributed by atoms with Crippen molar-refractivity contribution in [3.05, 3.63) is 81.2 Å². The van der Waals surface area contributed by atoms with Crippen molar-refractivity contribution in [3.63, 3.8) is 0 Å². The molecule has 0 aliphatic rings. The molecule has 9 nitrogen and oxygen atoms in total. The largest absolute Gasteiger partial charge is 0.497 e. The van der Waals surface area contributed by atoms with E-state index in [1.807, 2.05) is 42.8 Å². The molecule has 0 unspecified atom stereocenters. The second-order valence-electron chi connectivity index (χ2n) is 6.82. The van der Waals surface area contributed by atoms with Crippen LogP contribution < -0.4 is 9.46 Å². The lowest BCUT2D eigenvalue weighted by atomic mass is 10.1. The summed E-state index contributed by atoms with van der Waals surface area (Å²) in [4.78, 5) is 10.2. The minimum Gasteiger partial charge on any atom is -0.497 e. The molecular weight excluding hydrogens is 408 g/mol. The summed E-state index contributed by atoms with van der Waals surface area (Å²) < 4.78 is 34.6. The molecule has 0 amide bonds. The number of nitro benzene ring substituents is 1. The third-order valence-electron chi connectivity index (χ3n) is 4.55. The second kappa shape index (κ2) is 8.64. The molecule has 3 rings (SSSR count). The van der Waals surface area contributed by atoms with E-state index in [1.165, 1.54) is 19.2 Å². The Balaban J connectivity index is 1.78. The average Bonchev–Trinajstić information content (AvgIpc) is 3.03. The van der Waals surface area contributed by atoms with Gasteiger partial charge in [0, 0.05) is 12.2 Å².